The SMILES string of the molecule is CC(=O)N1CCO[C@H](COc2nc(-c3ccc(N(C)C(C)C)cc3)cc3nccnc23)C1. The van der Waals surface area contributed by atoms with Crippen LogP contribution in [0, 0.1) is 0 Å². The van der Waals surface area contributed by atoms with Crippen LogP contribution in [0.3, 0.4) is 0 Å². The first-order chi connectivity index (χ1) is 15.4. The summed E-state index contributed by atoms with van der Waals surface area (Å²) in [6.07, 6.45) is 3.07. The standard InChI is InChI=1S/C24H29N5O3/c1-16(2)28(4)19-7-5-18(6-8-19)21-13-22-23(26-10-9-25-22)24(27-21)32-15-20-14-29(17(3)30)11-12-31-20/h5-10,13,16,20H,11-12,14-15H2,1-4H3/t20-/m0/s1. The third-order valence-corrected chi connectivity index (χ3v) is 5.76. The van der Waals surface area contributed by atoms with Crippen molar-refractivity contribution in [3.63, 3.8) is 0 Å². The molecule has 1 saturated heterocycles. The van der Waals surface area contributed by atoms with Crippen molar-refractivity contribution in [2.24, 2.45) is 0 Å². The van der Waals surface area contributed by atoms with E-state index in [1.165, 1.54) is 0 Å². The molecule has 1 aromatic carbocycles. The molecule has 3 heterocycles. The van der Waals surface area contributed by atoms with Crippen molar-refractivity contribution in [1.29, 1.82) is 0 Å². The Hall–Kier alpha value is -3.26. The van der Waals surface area contributed by atoms with Crippen LogP contribution in [-0.4, -0.2) is 71.3 Å². The molecule has 0 radical (unpaired) electrons. The van der Waals surface area contributed by atoms with Gasteiger partial charge in [-0.25, -0.2) is 9.97 Å². The molecule has 1 fully saturated rings. The van der Waals surface area contributed by atoms with Crippen LogP contribution in [-0.2, 0) is 9.53 Å². The van der Waals surface area contributed by atoms with Gasteiger partial charge in [0.25, 0.3) is 0 Å². The molecular weight excluding hydrogens is 406 g/mol. The Morgan fingerprint density at radius 1 is 1.25 bits per heavy atom. The summed E-state index contributed by atoms with van der Waals surface area (Å²) in [6.45, 7) is 7.78. The van der Waals surface area contributed by atoms with E-state index in [4.69, 9.17) is 14.5 Å². The Bertz CT molecular complexity index is 1090. The number of rotatable bonds is 6. The van der Waals surface area contributed by atoms with E-state index < -0.39 is 0 Å². The zero-order valence-corrected chi connectivity index (χ0v) is 19.0. The van der Waals surface area contributed by atoms with Crippen molar-refractivity contribution in [1.82, 2.24) is 19.9 Å². The Morgan fingerprint density at radius 3 is 2.72 bits per heavy atom. The Morgan fingerprint density at radius 2 is 2.00 bits per heavy atom. The summed E-state index contributed by atoms with van der Waals surface area (Å²) in [5.41, 5.74) is 4.20. The molecule has 0 N–H and O–H groups in total. The zero-order valence-electron chi connectivity index (χ0n) is 19.0. The monoisotopic (exact) mass is 435 g/mol. The maximum atomic E-state index is 11.7. The van der Waals surface area contributed by atoms with Gasteiger partial charge in [-0.05, 0) is 32.0 Å². The fourth-order valence-electron chi connectivity index (χ4n) is 3.64. The second kappa shape index (κ2) is 9.48. The van der Waals surface area contributed by atoms with Gasteiger partial charge in [-0.2, -0.15) is 0 Å². The van der Waals surface area contributed by atoms with Crippen LogP contribution in [0.25, 0.3) is 22.3 Å². The molecule has 4 rings (SSSR count). The molecule has 32 heavy (non-hydrogen) atoms. The first-order valence-corrected chi connectivity index (χ1v) is 10.9. The fourth-order valence-corrected chi connectivity index (χ4v) is 3.64. The van der Waals surface area contributed by atoms with E-state index in [1.54, 1.807) is 24.2 Å². The number of morpholine rings is 1. The molecular formula is C24H29N5O3. The van der Waals surface area contributed by atoms with Crippen LogP contribution in [0.1, 0.15) is 20.8 Å². The fraction of sp³-hybridized carbons (Fsp3) is 0.417. The molecule has 0 bridgehead atoms. The second-order valence-electron chi connectivity index (χ2n) is 8.26. The number of fused-ring (bicyclic) bond motifs is 1. The highest BCUT2D eigenvalue weighted by atomic mass is 16.5. The maximum Gasteiger partial charge on any atom is 0.242 e. The van der Waals surface area contributed by atoms with E-state index in [-0.39, 0.29) is 18.6 Å². The summed E-state index contributed by atoms with van der Waals surface area (Å²) < 4.78 is 11.8. The highest BCUT2D eigenvalue weighted by Crippen LogP contribution is 2.28. The van der Waals surface area contributed by atoms with Gasteiger partial charge in [-0.15, -0.1) is 0 Å². The van der Waals surface area contributed by atoms with Gasteiger partial charge in [0.1, 0.15) is 12.7 Å². The summed E-state index contributed by atoms with van der Waals surface area (Å²) in [6, 6.07) is 10.6. The summed E-state index contributed by atoms with van der Waals surface area (Å²) in [5, 5.41) is 0. The van der Waals surface area contributed by atoms with Gasteiger partial charge in [0.2, 0.25) is 11.8 Å². The number of ether oxygens (including phenoxy) is 2. The molecule has 0 spiro atoms. The molecule has 2 aromatic heterocycles. The summed E-state index contributed by atoms with van der Waals surface area (Å²) in [7, 11) is 2.08. The van der Waals surface area contributed by atoms with E-state index in [9.17, 15) is 4.79 Å². The number of nitrogens with zero attached hydrogens (tertiary/aromatic N) is 5. The van der Waals surface area contributed by atoms with Crippen molar-refractivity contribution < 1.29 is 14.3 Å². The quantitative estimate of drug-likeness (QED) is 0.588. The first kappa shape index (κ1) is 22.0. The molecule has 8 nitrogen and oxygen atoms in total. The first-order valence-electron chi connectivity index (χ1n) is 10.9. The van der Waals surface area contributed by atoms with E-state index in [2.05, 4.69) is 60.0 Å². The second-order valence-corrected chi connectivity index (χ2v) is 8.26. The molecule has 1 amide bonds. The molecule has 0 aliphatic carbocycles. The van der Waals surface area contributed by atoms with Crippen LogP contribution in [0.5, 0.6) is 5.88 Å². The van der Waals surface area contributed by atoms with Crippen molar-refractivity contribution in [3.8, 4) is 17.1 Å². The molecule has 8 heteroatoms. The third kappa shape index (κ3) is 4.80. The van der Waals surface area contributed by atoms with Crippen molar-refractivity contribution in [3.05, 3.63) is 42.7 Å². The lowest BCUT2D eigenvalue weighted by Crippen LogP contribution is -2.46. The molecule has 1 atom stereocenters. The van der Waals surface area contributed by atoms with Gasteiger partial charge in [-0.3, -0.25) is 9.78 Å². The average molecular weight is 436 g/mol. The minimum absolute atomic E-state index is 0.0429. The minimum atomic E-state index is -0.212. The average Bonchev–Trinajstić information content (AvgIpc) is 2.82. The van der Waals surface area contributed by atoms with Crippen molar-refractivity contribution in [2.45, 2.75) is 32.9 Å². The number of hydrogen-bond donors (Lipinski definition) is 0. The van der Waals surface area contributed by atoms with Gasteiger partial charge >= 0.3 is 0 Å². The number of aromatic nitrogens is 3. The minimum Gasteiger partial charge on any atom is -0.473 e. The molecule has 1 aliphatic rings. The van der Waals surface area contributed by atoms with Gasteiger partial charge in [-0.1, -0.05) is 12.1 Å². The van der Waals surface area contributed by atoms with Crippen molar-refractivity contribution >= 4 is 22.6 Å². The summed E-state index contributed by atoms with van der Waals surface area (Å²) >= 11 is 0. The van der Waals surface area contributed by atoms with E-state index >= 15 is 0 Å². The lowest BCUT2D eigenvalue weighted by atomic mass is 10.1. The molecule has 168 valence electrons. The van der Waals surface area contributed by atoms with Crippen LogP contribution in [0.15, 0.2) is 42.7 Å². The van der Waals surface area contributed by atoms with Crippen LogP contribution in [0.2, 0.25) is 0 Å². The normalized spacial score (nSPS) is 16.4. The summed E-state index contributed by atoms with van der Waals surface area (Å²) in [4.78, 5) is 29.3. The molecule has 3 aromatic rings. The highest BCUT2D eigenvalue weighted by Gasteiger charge is 2.23. The number of pyridine rings is 1. The Balaban J connectivity index is 1.58. The van der Waals surface area contributed by atoms with Crippen molar-refractivity contribution in [2.75, 3.05) is 38.3 Å². The largest absolute Gasteiger partial charge is 0.473 e. The van der Waals surface area contributed by atoms with Gasteiger partial charge in [0, 0.05) is 50.2 Å². The zero-order chi connectivity index (χ0) is 22.7. The summed E-state index contributed by atoms with van der Waals surface area (Å²) in [5.74, 6) is 0.457. The molecule has 1 aliphatic heterocycles. The predicted molar refractivity (Wildman–Crippen MR) is 124 cm³/mol. The van der Waals surface area contributed by atoms with E-state index in [0.29, 0.717) is 42.7 Å². The van der Waals surface area contributed by atoms with Crippen LogP contribution in [0.4, 0.5) is 5.69 Å². The topological polar surface area (TPSA) is 80.7 Å². The molecule has 0 saturated carbocycles. The number of amides is 1. The van der Waals surface area contributed by atoms with Gasteiger partial charge in [0.05, 0.1) is 24.4 Å². The van der Waals surface area contributed by atoms with E-state index in [1.807, 2.05) is 6.07 Å². The lowest BCUT2D eigenvalue weighted by molar-refractivity contribution is -0.137. The van der Waals surface area contributed by atoms with Gasteiger partial charge < -0.3 is 19.3 Å². The number of carbonyl (C=O) groups is 1. The van der Waals surface area contributed by atoms with E-state index in [0.717, 1.165) is 16.9 Å². The predicted octanol–water partition coefficient (Wildman–Crippen LogP) is 3.16. The Labute approximate surface area is 188 Å². The lowest BCUT2D eigenvalue weighted by Gasteiger charge is -2.32. The highest BCUT2D eigenvalue weighted by molar-refractivity contribution is 5.83. The van der Waals surface area contributed by atoms with Crippen LogP contribution < -0.4 is 9.64 Å². The van der Waals surface area contributed by atoms with Crippen LogP contribution >= 0.6 is 0 Å². The number of anilines is 1. The maximum absolute atomic E-state index is 11.7. The number of benzene rings is 1. The number of carbonyl (C=O) groups excluding carboxylic acids is 1. The Kier molecular flexibility index (Phi) is 6.50. The third-order valence-electron chi connectivity index (χ3n) is 5.76. The molecule has 0 unspecified atom stereocenters. The van der Waals surface area contributed by atoms with Gasteiger partial charge in [0.15, 0.2) is 5.52 Å². The smallest absolute Gasteiger partial charge is 0.242 e. The number of hydrogen-bond acceptors (Lipinski definition) is 7.